The van der Waals surface area contributed by atoms with Gasteiger partial charge in [-0.2, -0.15) is 0 Å². The van der Waals surface area contributed by atoms with Crippen molar-refractivity contribution in [3.63, 3.8) is 0 Å². The lowest BCUT2D eigenvalue weighted by Gasteiger charge is -2.24. The quantitative estimate of drug-likeness (QED) is 0.605. The Balaban J connectivity index is 1.49. The van der Waals surface area contributed by atoms with Crippen LogP contribution in [0.15, 0.2) is 27.7 Å². The maximum atomic E-state index is 13.4. The maximum absolute atomic E-state index is 13.4. The van der Waals surface area contributed by atoms with Crippen LogP contribution in [0.25, 0.3) is 0 Å². The second kappa shape index (κ2) is 8.30. The molecule has 24 heavy (non-hydrogen) atoms. The Hall–Kier alpha value is -1.14. The number of nitrogens with zero attached hydrogens (tertiary/aromatic N) is 2. The van der Waals surface area contributed by atoms with Crippen LogP contribution in [0.2, 0.25) is 0 Å². The van der Waals surface area contributed by atoms with Gasteiger partial charge in [0.2, 0.25) is 0 Å². The molecule has 0 amide bonds. The molecule has 4 nitrogen and oxygen atoms in total. The van der Waals surface area contributed by atoms with Crippen molar-refractivity contribution < 1.29 is 4.39 Å². The fraction of sp³-hybridized carbons (Fsp3) is 0.611. The lowest BCUT2D eigenvalue weighted by Crippen LogP contribution is -2.45. The van der Waals surface area contributed by atoms with Gasteiger partial charge in [-0.05, 0) is 43.0 Å². The van der Waals surface area contributed by atoms with Crippen molar-refractivity contribution in [3.05, 3.63) is 34.1 Å². The molecule has 2 aliphatic rings. The molecule has 0 aromatic heterocycles. The molecule has 6 heteroatoms. The van der Waals surface area contributed by atoms with Crippen LogP contribution in [0.3, 0.4) is 0 Å². The van der Waals surface area contributed by atoms with E-state index in [2.05, 4.69) is 36.5 Å². The number of likely N-dealkylation sites (tertiary alicyclic amines) is 1. The summed E-state index contributed by atoms with van der Waals surface area (Å²) in [6, 6.07) is 5.96. The van der Waals surface area contributed by atoms with Crippen molar-refractivity contribution in [3.8, 4) is 0 Å². The van der Waals surface area contributed by atoms with E-state index in [0.29, 0.717) is 12.6 Å². The summed E-state index contributed by atoms with van der Waals surface area (Å²) in [6.45, 7) is 2.81. The normalized spacial score (nSPS) is 23.0. The molecule has 1 aliphatic heterocycles. The van der Waals surface area contributed by atoms with E-state index in [9.17, 15) is 4.39 Å². The third kappa shape index (κ3) is 4.48. The third-order valence-electron chi connectivity index (χ3n) is 5.08. The van der Waals surface area contributed by atoms with Crippen LogP contribution in [0.4, 0.5) is 4.39 Å². The van der Waals surface area contributed by atoms with Crippen molar-refractivity contribution in [2.75, 3.05) is 20.1 Å². The predicted molar refractivity (Wildman–Crippen MR) is 99.7 cm³/mol. The number of hydrogen-bond donors (Lipinski definition) is 2. The number of hydrogen-bond acceptors (Lipinski definition) is 2. The summed E-state index contributed by atoms with van der Waals surface area (Å²) in [4.78, 5) is 6.93. The lowest BCUT2D eigenvalue weighted by atomic mass is 10.2. The molecule has 0 radical (unpaired) electrons. The molecule has 3 rings (SSSR count). The van der Waals surface area contributed by atoms with E-state index >= 15 is 0 Å². The van der Waals surface area contributed by atoms with E-state index in [1.165, 1.54) is 38.3 Å². The molecule has 1 heterocycles. The third-order valence-corrected chi connectivity index (χ3v) is 5.85. The maximum Gasteiger partial charge on any atom is 0.191 e. The topological polar surface area (TPSA) is 39.7 Å². The van der Waals surface area contributed by atoms with Crippen LogP contribution in [0.1, 0.15) is 37.7 Å². The van der Waals surface area contributed by atoms with Gasteiger partial charge in [0.25, 0.3) is 0 Å². The van der Waals surface area contributed by atoms with Gasteiger partial charge in [0.05, 0.1) is 0 Å². The first kappa shape index (κ1) is 17.7. The monoisotopic (exact) mass is 396 g/mol. The summed E-state index contributed by atoms with van der Waals surface area (Å²) in [5.41, 5.74) is 0.886. The van der Waals surface area contributed by atoms with Gasteiger partial charge in [-0.25, -0.2) is 4.39 Å². The van der Waals surface area contributed by atoms with E-state index in [1.807, 2.05) is 0 Å². The first-order valence-electron chi connectivity index (χ1n) is 8.81. The van der Waals surface area contributed by atoms with Crippen molar-refractivity contribution in [1.82, 2.24) is 15.5 Å². The Bertz CT molecular complexity index is 586. The van der Waals surface area contributed by atoms with Crippen LogP contribution in [-0.4, -0.2) is 43.1 Å². The summed E-state index contributed by atoms with van der Waals surface area (Å²) < 4.78 is 14.3. The predicted octanol–water partition coefficient (Wildman–Crippen LogP) is 3.27. The lowest BCUT2D eigenvalue weighted by molar-refractivity contribution is 0.242. The number of benzene rings is 1. The van der Waals surface area contributed by atoms with Crippen molar-refractivity contribution in [1.29, 1.82) is 0 Å². The highest BCUT2D eigenvalue weighted by molar-refractivity contribution is 9.10. The molecule has 0 spiro atoms. The van der Waals surface area contributed by atoms with E-state index in [0.717, 1.165) is 35.0 Å². The molecule has 2 fully saturated rings. The molecule has 2 N–H and O–H groups in total. The smallest absolute Gasteiger partial charge is 0.191 e. The summed E-state index contributed by atoms with van der Waals surface area (Å²) in [6.07, 6.45) is 6.62. The molecular formula is C18H26BrFN4. The van der Waals surface area contributed by atoms with Gasteiger partial charge in [-0.15, -0.1) is 0 Å². The zero-order chi connectivity index (χ0) is 16.9. The molecular weight excluding hydrogens is 371 g/mol. The van der Waals surface area contributed by atoms with Crippen molar-refractivity contribution in [2.24, 2.45) is 4.99 Å². The molecule has 1 aromatic rings. The second-order valence-electron chi connectivity index (χ2n) is 6.72. The fourth-order valence-corrected chi connectivity index (χ4v) is 4.14. The number of nitrogens with one attached hydrogen (secondary N) is 2. The SMILES string of the molecule is CN=C(NCc1cc(F)ccc1Br)NC1CCN(C2CCCC2)C1. The molecule has 0 bridgehead atoms. The fourth-order valence-electron chi connectivity index (χ4n) is 3.75. The number of aliphatic imine (C=N–C) groups is 1. The van der Waals surface area contributed by atoms with Gasteiger partial charge < -0.3 is 10.6 Å². The van der Waals surface area contributed by atoms with E-state index in [4.69, 9.17) is 0 Å². The standard InChI is InChI=1S/C18H26BrFN4/c1-21-18(22-11-13-10-14(20)6-7-17(13)19)23-15-8-9-24(12-15)16-4-2-3-5-16/h6-7,10,15-16H,2-5,8-9,11-12H2,1H3,(H2,21,22,23). The van der Waals surface area contributed by atoms with E-state index in [1.54, 1.807) is 19.2 Å². The zero-order valence-corrected chi connectivity index (χ0v) is 15.8. The molecule has 1 saturated carbocycles. The van der Waals surface area contributed by atoms with Gasteiger partial charge in [-0.1, -0.05) is 28.8 Å². The Morgan fingerprint density at radius 2 is 2.12 bits per heavy atom. The largest absolute Gasteiger partial charge is 0.352 e. The average molecular weight is 397 g/mol. The molecule has 1 aromatic carbocycles. The number of guanidine groups is 1. The minimum absolute atomic E-state index is 0.221. The Morgan fingerprint density at radius 3 is 2.88 bits per heavy atom. The van der Waals surface area contributed by atoms with Crippen molar-refractivity contribution in [2.45, 2.75) is 50.7 Å². The van der Waals surface area contributed by atoms with Gasteiger partial charge in [0, 0.05) is 43.2 Å². The minimum Gasteiger partial charge on any atom is -0.352 e. The average Bonchev–Trinajstić information content (AvgIpc) is 3.25. The highest BCUT2D eigenvalue weighted by Gasteiger charge is 2.30. The van der Waals surface area contributed by atoms with Crippen LogP contribution in [-0.2, 0) is 6.54 Å². The van der Waals surface area contributed by atoms with Crippen molar-refractivity contribution >= 4 is 21.9 Å². The molecule has 1 unspecified atom stereocenters. The second-order valence-corrected chi connectivity index (χ2v) is 7.58. The minimum atomic E-state index is -0.221. The van der Waals surface area contributed by atoms with Crippen LogP contribution >= 0.6 is 15.9 Å². The molecule has 1 atom stereocenters. The summed E-state index contributed by atoms with van der Waals surface area (Å²) in [5, 5.41) is 6.80. The Kier molecular flexibility index (Phi) is 6.11. The van der Waals surface area contributed by atoms with Gasteiger partial charge in [-0.3, -0.25) is 9.89 Å². The van der Waals surface area contributed by atoms with Gasteiger partial charge in [0.1, 0.15) is 5.82 Å². The Morgan fingerprint density at radius 1 is 1.33 bits per heavy atom. The first-order valence-corrected chi connectivity index (χ1v) is 9.60. The van der Waals surface area contributed by atoms with Crippen LogP contribution < -0.4 is 10.6 Å². The number of halogens is 2. The molecule has 132 valence electrons. The van der Waals surface area contributed by atoms with E-state index in [-0.39, 0.29) is 5.82 Å². The van der Waals surface area contributed by atoms with Crippen LogP contribution in [0, 0.1) is 5.82 Å². The van der Waals surface area contributed by atoms with Gasteiger partial charge >= 0.3 is 0 Å². The molecule has 1 aliphatic carbocycles. The highest BCUT2D eigenvalue weighted by Crippen LogP contribution is 2.26. The first-order chi connectivity index (χ1) is 11.7. The summed E-state index contributed by atoms with van der Waals surface area (Å²) in [7, 11) is 1.78. The van der Waals surface area contributed by atoms with Crippen LogP contribution in [0.5, 0.6) is 0 Å². The van der Waals surface area contributed by atoms with E-state index < -0.39 is 0 Å². The highest BCUT2D eigenvalue weighted by atomic mass is 79.9. The summed E-state index contributed by atoms with van der Waals surface area (Å²) in [5.74, 6) is 0.561. The summed E-state index contributed by atoms with van der Waals surface area (Å²) >= 11 is 3.46. The zero-order valence-electron chi connectivity index (χ0n) is 14.2. The Labute approximate surface area is 152 Å². The van der Waals surface area contributed by atoms with Gasteiger partial charge in [0.15, 0.2) is 5.96 Å². The molecule has 1 saturated heterocycles. The number of rotatable bonds is 4.